The van der Waals surface area contributed by atoms with Gasteiger partial charge in [0.25, 0.3) is 0 Å². The summed E-state index contributed by atoms with van der Waals surface area (Å²) in [6.07, 6.45) is 4.06. The first-order valence-corrected chi connectivity index (χ1v) is 7.13. The summed E-state index contributed by atoms with van der Waals surface area (Å²) >= 11 is 0. The lowest BCUT2D eigenvalue weighted by Crippen LogP contribution is -2.06. The zero-order valence-electron chi connectivity index (χ0n) is 12.7. The fraction of sp³-hybridized carbons (Fsp3) is 0.438. The molecule has 1 N–H and O–H groups in total. The Morgan fingerprint density at radius 1 is 1.38 bits per heavy atom. The smallest absolute Gasteiger partial charge is 0.130 e. The van der Waals surface area contributed by atoms with Crippen molar-refractivity contribution in [3.8, 4) is 11.5 Å². The van der Waals surface area contributed by atoms with Crippen LogP contribution in [0.5, 0.6) is 11.5 Å². The predicted octanol–water partition coefficient (Wildman–Crippen LogP) is 2.93. The summed E-state index contributed by atoms with van der Waals surface area (Å²) in [5.74, 6) is 1.34. The molecule has 1 heterocycles. The van der Waals surface area contributed by atoms with Gasteiger partial charge in [0.2, 0.25) is 0 Å². The minimum absolute atomic E-state index is 0.410. The molecule has 0 bridgehead atoms. The number of methoxy groups -OCH3 is 1. The quantitative estimate of drug-likeness (QED) is 0.852. The van der Waals surface area contributed by atoms with Crippen LogP contribution >= 0.6 is 0 Å². The topological polar surface area (TPSA) is 56.5 Å². The lowest BCUT2D eigenvalue weighted by atomic mass is 10.1. The molecule has 1 atom stereocenters. The van der Waals surface area contributed by atoms with Crippen LogP contribution in [0.4, 0.5) is 0 Å². The monoisotopic (exact) mass is 290 g/mol. The van der Waals surface area contributed by atoms with Crippen LogP contribution in [0, 0.1) is 0 Å². The maximum absolute atomic E-state index is 9.83. The number of aliphatic hydroxyl groups excluding tert-OH is 1. The molecule has 0 spiro atoms. The van der Waals surface area contributed by atoms with Gasteiger partial charge in [-0.15, -0.1) is 0 Å². The SMILES string of the molecule is CCCn1cncc1COc1cc(OC)ccc1C(C)O. The van der Waals surface area contributed by atoms with Crippen molar-refractivity contribution in [2.24, 2.45) is 0 Å². The summed E-state index contributed by atoms with van der Waals surface area (Å²) < 4.78 is 13.2. The Labute approximate surface area is 125 Å². The van der Waals surface area contributed by atoms with Crippen LogP contribution in [0.15, 0.2) is 30.7 Å². The first kappa shape index (κ1) is 15.4. The van der Waals surface area contributed by atoms with E-state index in [4.69, 9.17) is 9.47 Å². The number of benzene rings is 1. The van der Waals surface area contributed by atoms with Gasteiger partial charge in [-0.25, -0.2) is 4.98 Å². The minimum Gasteiger partial charge on any atom is -0.497 e. The van der Waals surface area contributed by atoms with E-state index in [1.807, 2.05) is 18.5 Å². The Morgan fingerprint density at radius 3 is 2.86 bits per heavy atom. The van der Waals surface area contributed by atoms with Gasteiger partial charge in [0.05, 0.1) is 31.4 Å². The van der Waals surface area contributed by atoms with Gasteiger partial charge in [0.15, 0.2) is 0 Å². The molecule has 0 saturated heterocycles. The molecule has 5 nitrogen and oxygen atoms in total. The number of imidazole rings is 1. The van der Waals surface area contributed by atoms with E-state index in [1.165, 1.54) is 0 Å². The van der Waals surface area contributed by atoms with Gasteiger partial charge in [-0.1, -0.05) is 6.92 Å². The van der Waals surface area contributed by atoms with E-state index >= 15 is 0 Å². The highest BCUT2D eigenvalue weighted by Gasteiger charge is 2.12. The zero-order chi connectivity index (χ0) is 15.2. The van der Waals surface area contributed by atoms with Gasteiger partial charge < -0.3 is 19.1 Å². The van der Waals surface area contributed by atoms with Crippen LogP contribution in [0.3, 0.4) is 0 Å². The summed E-state index contributed by atoms with van der Waals surface area (Å²) in [7, 11) is 1.61. The summed E-state index contributed by atoms with van der Waals surface area (Å²) in [6, 6.07) is 5.43. The molecule has 1 aromatic carbocycles. The Bertz CT molecular complexity index is 579. The normalized spacial score (nSPS) is 12.2. The van der Waals surface area contributed by atoms with Crippen molar-refractivity contribution in [3.63, 3.8) is 0 Å². The molecule has 1 aromatic heterocycles. The van der Waals surface area contributed by atoms with E-state index in [-0.39, 0.29) is 0 Å². The largest absolute Gasteiger partial charge is 0.497 e. The van der Waals surface area contributed by atoms with Crippen molar-refractivity contribution in [1.29, 1.82) is 0 Å². The second-order valence-electron chi connectivity index (χ2n) is 4.95. The summed E-state index contributed by atoms with van der Waals surface area (Å²) in [4.78, 5) is 4.15. The van der Waals surface area contributed by atoms with Gasteiger partial charge in [0.1, 0.15) is 18.1 Å². The van der Waals surface area contributed by atoms with E-state index in [1.54, 1.807) is 26.3 Å². The maximum Gasteiger partial charge on any atom is 0.130 e. The third-order valence-corrected chi connectivity index (χ3v) is 3.31. The molecular weight excluding hydrogens is 268 g/mol. The average molecular weight is 290 g/mol. The molecule has 21 heavy (non-hydrogen) atoms. The van der Waals surface area contributed by atoms with Crippen LogP contribution in [0.25, 0.3) is 0 Å². The highest BCUT2D eigenvalue weighted by molar-refractivity contribution is 5.41. The zero-order valence-corrected chi connectivity index (χ0v) is 12.7. The molecule has 2 aromatic rings. The Kier molecular flexibility index (Phi) is 5.22. The number of ether oxygens (including phenoxy) is 2. The first-order chi connectivity index (χ1) is 10.2. The summed E-state index contributed by atoms with van der Waals surface area (Å²) in [6.45, 7) is 5.17. The lowest BCUT2D eigenvalue weighted by molar-refractivity contribution is 0.189. The lowest BCUT2D eigenvalue weighted by Gasteiger charge is -2.15. The Balaban J connectivity index is 2.16. The predicted molar refractivity (Wildman–Crippen MR) is 80.5 cm³/mol. The van der Waals surface area contributed by atoms with E-state index < -0.39 is 6.10 Å². The number of aliphatic hydroxyl groups is 1. The van der Waals surface area contributed by atoms with E-state index in [0.29, 0.717) is 18.1 Å². The molecular formula is C16H22N2O3. The molecule has 0 aliphatic heterocycles. The van der Waals surface area contributed by atoms with Crippen LogP contribution in [-0.2, 0) is 13.2 Å². The highest BCUT2D eigenvalue weighted by Crippen LogP contribution is 2.30. The van der Waals surface area contributed by atoms with Crippen LogP contribution < -0.4 is 9.47 Å². The van der Waals surface area contributed by atoms with Crippen LogP contribution in [0.2, 0.25) is 0 Å². The van der Waals surface area contributed by atoms with Crippen molar-refractivity contribution in [2.45, 2.75) is 39.5 Å². The summed E-state index contributed by atoms with van der Waals surface area (Å²) in [5.41, 5.74) is 1.76. The third-order valence-electron chi connectivity index (χ3n) is 3.31. The van der Waals surface area contributed by atoms with Crippen molar-refractivity contribution in [2.75, 3.05) is 7.11 Å². The molecule has 114 valence electrons. The molecule has 0 aliphatic rings. The Morgan fingerprint density at radius 2 is 2.19 bits per heavy atom. The van der Waals surface area contributed by atoms with Gasteiger partial charge in [-0.05, 0) is 25.5 Å². The van der Waals surface area contributed by atoms with E-state index in [2.05, 4.69) is 16.5 Å². The number of hydrogen-bond donors (Lipinski definition) is 1. The highest BCUT2D eigenvalue weighted by atomic mass is 16.5. The number of aromatic nitrogens is 2. The van der Waals surface area contributed by atoms with Crippen LogP contribution in [0.1, 0.15) is 37.6 Å². The molecule has 0 radical (unpaired) electrons. The second-order valence-corrected chi connectivity index (χ2v) is 4.95. The van der Waals surface area contributed by atoms with E-state index in [0.717, 1.165) is 24.2 Å². The van der Waals surface area contributed by atoms with Gasteiger partial charge >= 0.3 is 0 Å². The first-order valence-electron chi connectivity index (χ1n) is 7.13. The molecule has 1 unspecified atom stereocenters. The fourth-order valence-electron chi connectivity index (χ4n) is 2.17. The summed E-state index contributed by atoms with van der Waals surface area (Å²) in [5, 5.41) is 9.83. The number of rotatable bonds is 7. The maximum atomic E-state index is 9.83. The molecule has 5 heteroatoms. The molecule has 0 fully saturated rings. The molecule has 2 rings (SSSR count). The number of hydrogen-bond acceptors (Lipinski definition) is 4. The third kappa shape index (κ3) is 3.76. The van der Waals surface area contributed by atoms with Gasteiger partial charge in [0, 0.05) is 18.2 Å². The van der Waals surface area contributed by atoms with Crippen molar-refractivity contribution < 1.29 is 14.6 Å². The van der Waals surface area contributed by atoms with Crippen molar-refractivity contribution in [3.05, 3.63) is 42.0 Å². The Hall–Kier alpha value is -2.01. The minimum atomic E-state index is -0.591. The number of aryl methyl sites for hydroxylation is 1. The van der Waals surface area contributed by atoms with Crippen molar-refractivity contribution >= 4 is 0 Å². The van der Waals surface area contributed by atoms with E-state index in [9.17, 15) is 5.11 Å². The fourth-order valence-corrected chi connectivity index (χ4v) is 2.17. The van der Waals surface area contributed by atoms with Gasteiger partial charge in [-0.3, -0.25) is 0 Å². The standard InChI is InChI=1S/C16H22N2O3/c1-4-7-18-11-17-9-13(18)10-21-16-8-14(20-3)5-6-15(16)12(2)19/h5-6,8-9,11-12,19H,4,7,10H2,1-3H3. The molecule has 0 aliphatic carbocycles. The molecule has 0 amide bonds. The van der Waals surface area contributed by atoms with Gasteiger partial charge in [-0.2, -0.15) is 0 Å². The second kappa shape index (κ2) is 7.13. The molecule has 0 saturated carbocycles. The van der Waals surface area contributed by atoms with Crippen LogP contribution in [-0.4, -0.2) is 21.8 Å². The van der Waals surface area contributed by atoms with Crippen molar-refractivity contribution in [1.82, 2.24) is 9.55 Å². The number of nitrogens with zero attached hydrogens (tertiary/aromatic N) is 2. The average Bonchev–Trinajstić information content (AvgIpc) is 2.92.